The quantitative estimate of drug-likeness (QED) is 0.596. The van der Waals surface area contributed by atoms with Crippen LogP contribution >= 0.6 is 0 Å². The van der Waals surface area contributed by atoms with E-state index in [-0.39, 0.29) is 18.9 Å². The van der Waals surface area contributed by atoms with Gasteiger partial charge in [-0.3, -0.25) is 4.90 Å². The Morgan fingerprint density at radius 2 is 2.39 bits per heavy atom. The van der Waals surface area contributed by atoms with E-state index in [4.69, 9.17) is 14.6 Å². The number of nitrogens with zero attached hydrogens (tertiary/aromatic N) is 1. The fraction of sp³-hybridized carbons (Fsp3) is 0.727. The summed E-state index contributed by atoms with van der Waals surface area (Å²) in [6.45, 7) is 0.341. The van der Waals surface area contributed by atoms with Crippen LogP contribution in [-0.2, 0) is 9.47 Å². The summed E-state index contributed by atoms with van der Waals surface area (Å²) < 4.78 is 10.8. The third-order valence-corrected chi connectivity index (χ3v) is 3.50. The number of carbonyl (C=O) groups excluding carboxylic acids is 1. The van der Waals surface area contributed by atoms with Gasteiger partial charge < -0.3 is 25.0 Å². The average Bonchev–Trinajstić information content (AvgIpc) is 2.93. The number of amides is 2. The van der Waals surface area contributed by atoms with Crippen LogP contribution in [0.1, 0.15) is 12.8 Å². The van der Waals surface area contributed by atoms with Crippen molar-refractivity contribution in [2.24, 2.45) is 0 Å². The molecule has 3 aliphatic rings. The van der Waals surface area contributed by atoms with Gasteiger partial charge in [-0.05, 0) is 12.0 Å². The summed E-state index contributed by atoms with van der Waals surface area (Å²) in [4.78, 5) is 13.3. The van der Waals surface area contributed by atoms with Crippen molar-refractivity contribution in [2.75, 3.05) is 13.2 Å². The molecule has 4 atom stereocenters. The molecule has 2 fully saturated rings. The zero-order valence-electron chi connectivity index (χ0n) is 9.78. The Hall–Kier alpha value is -1.15. The molecule has 0 saturated carbocycles. The second-order valence-electron chi connectivity index (χ2n) is 4.68. The Bertz CT molecular complexity index is 386. The van der Waals surface area contributed by atoms with Gasteiger partial charge in [-0.1, -0.05) is 0 Å². The molecule has 0 aromatic rings. The maximum atomic E-state index is 11.9. The normalized spacial score (nSPS) is 39.6. The van der Waals surface area contributed by atoms with Crippen LogP contribution in [0.25, 0.3) is 0 Å². The van der Waals surface area contributed by atoms with Crippen molar-refractivity contribution in [2.45, 2.75) is 37.5 Å². The molecule has 18 heavy (non-hydrogen) atoms. The van der Waals surface area contributed by atoms with Crippen molar-refractivity contribution in [3.63, 3.8) is 0 Å². The van der Waals surface area contributed by atoms with Crippen LogP contribution < -0.4 is 5.32 Å². The molecule has 3 N–H and O–H groups in total. The molecule has 0 spiro atoms. The Kier molecular flexibility index (Phi) is 2.98. The van der Waals surface area contributed by atoms with E-state index in [1.165, 1.54) is 4.90 Å². The summed E-state index contributed by atoms with van der Waals surface area (Å²) in [6, 6.07) is -0.304. The van der Waals surface area contributed by atoms with Gasteiger partial charge in [-0.15, -0.1) is 0 Å². The Morgan fingerprint density at radius 1 is 1.56 bits per heavy atom. The second-order valence-corrected chi connectivity index (χ2v) is 4.68. The Balaban J connectivity index is 1.76. The minimum atomic E-state index is -0.747. The van der Waals surface area contributed by atoms with E-state index in [1.54, 1.807) is 6.20 Å². The van der Waals surface area contributed by atoms with Crippen LogP contribution in [0.3, 0.4) is 0 Å². The van der Waals surface area contributed by atoms with Gasteiger partial charge in [0.2, 0.25) is 0 Å². The highest BCUT2D eigenvalue weighted by Gasteiger charge is 2.41. The van der Waals surface area contributed by atoms with Gasteiger partial charge in [0.25, 0.3) is 0 Å². The maximum absolute atomic E-state index is 11.9. The number of carbonyl (C=O) groups is 1. The minimum absolute atomic E-state index is 0.255. The van der Waals surface area contributed by atoms with E-state index >= 15 is 0 Å². The van der Waals surface area contributed by atoms with Crippen molar-refractivity contribution in [1.82, 2.24) is 10.2 Å². The first-order valence-corrected chi connectivity index (χ1v) is 6.04. The number of fused-ring (bicyclic) bond motifs is 1. The molecule has 3 rings (SSSR count). The van der Waals surface area contributed by atoms with Crippen molar-refractivity contribution < 1.29 is 24.5 Å². The first-order chi connectivity index (χ1) is 8.69. The summed E-state index contributed by atoms with van der Waals surface area (Å²) in [6.07, 6.45) is 0.573. The van der Waals surface area contributed by atoms with Crippen molar-refractivity contribution >= 4 is 6.03 Å². The molecule has 0 aromatic carbocycles. The lowest BCUT2D eigenvalue weighted by atomic mass is 10.1. The monoisotopic (exact) mass is 256 g/mol. The van der Waals surface area contributed by atoms with E-state index in [0.717, 1.165) is 12.0 Å². The number of ether oxygens (including phenoxy) is 2. The number of rotatable bonds is 2. The van der Waals surface area contributed by atoms with Crippen molar-refractivity contribution in [3.8, 4) is 0 Å². The van der Waals surface area contributed by atoms with Crippen LogP contribution in [0.2, 0.25) is 0 Å². The van der Waals surface area contributed by atoms with Gasteiger partial charge in [-0.2, -0.15) is 0 Å². The van der Waals surface area contributed by atoms with Gasteiger partial charge in [0.1, 0.15) is 12.3 Å². The van der Waals surface area contributed by atoms with Gasteiger partial charge in [0.05, 0.1) is 19.3 Å². The zero-order chi connectivity index (χ0) is 12.7. The van der Waals surface area contributed by atoms with Gasteiger partial charge >= 0.3 is 6.03 Å². The maximum Gasteiger partial charge on any atom is 0.325 e. The predicted octanol–water partition coefficient (Wildman–Crippen LogP) is -0.890. The van der Waals surface area contributed by atoms with Crippen LogP contribution in [0.15, 0.2) is 11.8 Å². The highest BCUT2D eigenvalue weighted by atomic mass is 16.5. The molecule has 7 heteroatoms. The molecule has 0 radical (unpaired) electrons. The minimum Gasteiger partial charge on any atom is -0.394 e. The number of urea groups is 1. The first kappa shape index (κ1) is 11.9. The molecule has 0 aromatic heterocycles. The summed E-state index contributed by atoms with van der Waals surface area (Å²) >= 11 is 0. The Labute approximate surface area is 104 Å². The molecule has 3 aliphatic heterocycles. The predicted molar refractivity (Wildman–Crippen MR) is 59.2 cm³/mol. The van der Waals surface area contributed by atoms with Crippen LogP contribution in [-0.4, -0.2) is 59.0 Å². The second kappa shape index (κ2) is 4.51. The van der Waals surface area contributed by atoms with Crippen molar-refractivity contribution in [1.29, 1.82) is 0 Å². The number of aliphatic hydroxyl groups excluding tert-OH is 2. The van der Waals surface area contributed by atoms with E-state index in [2.05, 4.69) is 5.32 Å². The molecule has 0 bridgehead atoms. The summed E-state index contributed by atoms with van der Waals surface area (Å²) in [5.74, 6) is 0. The number of nitrogens with one attached hydrogen (secondary N) is 1. The summed E-state index contributed by atoms with van der Waals surface area (Å²) in [5.41, 5.74) is 1.00. The fourth-order valence-electron chi connectivity index (χ4n) is 2.49. The van der Waals surface area contributed by atoms with Gasteiger partial charge in [0, 0.05) is 12.6 Å². The summed E-state index contributed by atoms with van der Waals surface area (Å²) in [7, 11) is 0. The molecule has 100 valence electrons. The lowest BCUT2D eigenvalue weighted by Gasteiger charge is -2.31. The van der Waals surface area contributed by atoms with Crippen LogP contribution in [0, 0.1) is 0 Å². The molecular weight excluding hydrogens is 240 g/mol. The van der Waals surface area contributed by atoms with Gasteiger partial charge in [-0.25, -0.2) is 4.79 Å². The molecule has 2 saturated heterocycles. The van der Waals surface area contributed by atoms with E-state index in [1.807, 2.05) is 0 Å². The van der Waals surface area contributed by atoms with E-state index in [0.29, 0.717) is 13.0 Å². The molecule has 4 unspecified atom stereocenters. The first-order valence-electron chi connectivity index (χ1n) is 6.04. The van der Waals surface area contributed by atoms with Crippen molar-refractivity contribution in [3.05, 3.63) is 11.8 Å². The molecule has 3 heterocycles. The number of aliphatic hydroxyl groups is 2. The Morgan fingerprint density at radius 3 is 3.11 bits per heavy atom. The third-order valence-electron chi connectivity index (χ3n) is 3.50. The number of hydrogen-bond acceptors (Lipinski definition) is 5. The largest absolute Gasteiger partial charge is 0.394 e. The standard InChI is InChI=1S/C11H16N2O5/c14-5-8-7(15)3-9(18-8)13-4-6-1-2-17-10(6)12-11(13)16/h4,7-10,14-15H,1-3,5H2,(H,12,16). The SMILES string of the molecule is O=C1NC2OCCC2=CN1C1CC(O)C(CO)O1. The lowest BCUT2D eigenvalue weighted by Crippen LogP contribution is -2.51. The van der Waals surface area contributed by atoms with Crippen LogP contribution in [0.5, 0.6) is 0 Å². The van der Waals surface area contributed by atoms with Gasteiger partial charge in [0.15, 0.2) is 6.23 Å². The van der Waals surface area contributed by atoms with E-state index < -0.39 is 18.4 Å². The lowest BCUT2D eigenvalue weighted by molar-refractivity contribution is -0.0561. The molecule has 7 nitrogen and oxygen atoms in total. The number of hydrogen-bond donors (Lipinski definition) is 3. The molecule has 0 aliphatic carbocycles. The highest BCUT2D eigenvalue weighted by molar-refractivity contribution is 5.77. The van der Waals surface area contributed by atoms with Crippen LogP contribution in [0.4, 0.5) is 4.79 Å². The third kappa shape index (κ3) is 1.89. The zero-order valence-corrected chi connectivity index (χ0v) is 9.78. The highest BCUT2D eigenvalue weighted by Crippen LogP contribution is 2.28. The fourth-order valence-corrected chi connectivity index (χ4v) is 2.49. The smallest absolute Gasteiger partial charge is 0.325 e. The summed E-state index contributed by atoms with van der Waals surface area (Å²) in [5, 5.41) is 21.4. The molecule has 2 amide bonds. The topological polar surface area (TPSA) is 91.3 Å². The molecular formula is C11H16N2O5. The van der Waals surface area contributed by atoms with E-state index in [9.17, 15) is 9.90 Å². The average molecular weight is 256 g/mol.